The van der Waals surface area contributed by atoms with Gasteiger partial charge < -0.3 is 28.9 Å². The van der Waals surface area contributed by atoms with Gasteiger partial charge in [-0.3, -0.25) is 4.79 Å². The van der Waals surface area contributed by atoms with Crippen LogP contribution < -0.4 is 14.8 Å². The van der Waals surface area contributed by atoms with Gasteiger partial charge in [0.2, 0.25) is 5.91 Å². The first kappa shape index (κ1) is 37.3. The molecule has 1 saturated carbocycles. The molecule has 1 fully saturated rings. The Bertz CT molecular complexity index is 1470. The number of rotatable bonds is 11. The normalized spacial score (nSPS) is 16.8. The predicted octanol–water partition coefficient (Wildman–Crippen LogP) is 8.65. The smallest absolute Gasteiger partial charge is 0.491 e. The van der Waals surface area contributed by atoms with Crippen molar-refractivity contribution in [2.45, 2.75) is 96.9 Å². The average Bonchev–Trinajstić information content (AvgIpc) is 3.81. The lowest BCUT2D eigenvalue weighted by Crippen LogP contribution is -2.44. The summed E-state index contributed by atoms with van der Waals surface area (Å²) in [6, 6.07) is 12.7. The summed E-state index contributed by atoms with van der Waals surface area (Å²) in [5, 5.41) is 3.19. The second-order valence-electron chi connectivity index (χ2n) is 15.0. The molecular formula is C36H49F3N2O6Si. The lowest BCUT2D eigenvalue weighted by molar-refractivity contribution is -0.274. The highest BCUT2D eigenvalue weighted by molar-refractivity contribution is 6.74. The van der Waals surface area contributed by atoms with E-state index < -0.39 is 32.4 Å². The largest absolute Gasteiger partial charge is 0.573 e. The number of nitrogens with zero attached hydrogens (tertiary/aromatic N) is 1. The maximum Gasteiger partial charge on any atom is 0.573 e. The molecule has 0 aromatic heterocycles. The molecule has 0 bridgehead atoms. The number of halogens is 3. The monoisotopic (exact) mass is 690 g/mol. The summed E-state index contributed by atoms with van der Waals surface area (Å²) in [4.78, 5) is 28.6. The molecule has 1 N–H and O–H groups in total. The Kier molecular flexibility index (Phi) is 11.3. The van der Waals surface area contributed by atoms with Crippen molar-refractivity contribution >= 4 is 25.9 Å². The zero-order valence-electron chi connectivity index (χ0n) is 29.3. The third-order valence-corrected chi connectivity index (χ3v) is 13.5. The fraction of sp³-hybridized carbons (Fsp3) is 0.556. The fourth-order valence-corrected chi connectivity index (χ4v) is 6.26. The summed E-state index contributed by atoms with van der Waals surface area (Å²) >= 11 is 0. The number of carbonyl (C=O) groups is 2. The quantitative estimate of drug-likeness (QED) is 0.188. The van der Waals surface area contributed by atoms with Crippen molar-refractivity contribution in [3.05, 3.63) is 65.2 Å². The number of benzene rings is 2. The van der Waals surface area contributed by atoms with Crippen molar-refractivity contribution in [1.29, 1.82) is 0 Å². The maximum atomic E-state index is 14.1. The number of hydrogen-bond acceptors (Lipinski definition) is 6. The summed E-state index contributed by atoms with van der Waals surface area (Å²) in [6.07, 6.45) is -3.29. The number of alkyl halides is 3. The molecule has 2 aliphatic rings. The standard InChI is InChI=1S/C36H49F3N2O6Si/c1-34(2,3)47-33(43)41-19-18-29(24-14-16-27(17-15-24)44-20-21-45-48(7,8)35(4,5)6)30(23-41)32(42)40-31(25-12-13-25)26-10-9-11-28(22-26)46-36(37,38)39/h9-11,14-17,22,25,31H,12-13,18-21,23H2,1-8H3,(H,40,42). The van der Waals surface area contributed by atoms with Gasteiger partial charge >= 0.3 is 12.5 Å². The van der Waals surface area contributed by atoms with E-state index in [1.807, 2.05) is 24.3 Å². The van der Waals surface area contributed by atoms with Crippen LogP contribution in [-0.4, -0.2) is 63.5 Å². The Hall–Kier alpha value is -3.51. The third-order valence-electron chi connectivity index (χ3n) is 8.93. The van der Waals surface area contributed by atoms with E-state index in [1.54, 1.807) is 26.8 Å². The van der Waals surface area contributed by atoms with Crippen LogP contribution >= 0.6 is 0 Å². The first-order chi connectivity index (χ1) is 22.2. The molecule has 12 heteroatoms. The summed E-state index contributed by atoms with van der Waals surface area (Å²) in [7, 11) is -1.88. The number of amides is 2. The third kappa shape index (κ3) is 10.5. The molecule has 2 aromatic rings. The van der Waals surface area contributed by atoms with Gasteiger partial charge in [0.25, 0.3) is 0 Å². The van der Waals surface area contributed by atoms with Crippen LogP contribution in [0.1, 0.15) is 78.0 Å². The molecule has 1 aliphatic carbocycles. The van der Waals surface area contributed by atoms with Crippen molar-refractivity contribution in [3.8, 4) is 11.5 Å². The van der Waals surface area contributed by atoms with E-state index in [9.17, 15) is 22.8 Å². The highest BCUT2D eigenvalue weighted by Crippen LogP contribution is 2.42. The van der Waals surface area contributed by atoms with Gasteiger partial charge in [0.15, 0.2) is 8.32 Å². The molecule has 1 aliphatic heterocycles. The van der Waals surface area contributed by atoms with Gasteiger partial charge in [-0.05, 0) is 105 Å². The van der Waals surface area contributed by atoms with E-state index >= 15 is 0 Å². The van der Waals surface area contributed by atoms with Crippen molar-refractivity contribution in [2.75, 3.05) is 26.3 Å². The molecular weight excluding hydrogens is 641 g/mol. The van der Waals surface area contributed by atoms with E-state index in [4.69, 9.17) is 13.9 Å². The molecule has 4 rings (SSSR count). The van der Waals surface area contributed by atoms with E-state index in [2.05, 4.69) is 43.9 Å². The van der Waals surface area contributed by atoms with Crippen LogP contribution in [0, 0.1) is 5.92 Å². The molecule has 264 valence electrons. The van der Waals surface area contributed by atoms with Crippen LogP contribution in [0.25, 0.3) is 5.57 Å². The highest BCUT2D eigenvalue weighted by atomic mass is 28.4. The SMILES string of the molecule is CC(C)(C)OC(=O)N1CCC(c2ccc(OCCO[Si](C)(C)C(C)(C)C)cc2)=C(C(=O)NC(c2cccc(OC(F)(F)F)c2)C2CC2)C1. The summed E-state index contributed by atoms with van der Waals surface area (Å²) < 4.78 is 60.7. The van der Waals surface area contributed by atoms with Crippen molar-refractivity contribution in [2.24, 2.45) is 5.92 Å². The van der Waals surface area contributed by atoms with Gasteiger partial charge in [0.05, 0.1) is 19.2 Å². The van der Waals surface area contributed by atoms with Gasteiger partial charge in [-0.1, -0.05) is 45.0 Å². The molecule has 1 heterocycles. The summed E-state index contributed by atoms with van der Waals surface area (Å²) in [6.45, 7) is 17.6. The molecule has 8 nitrogen and oxygen atoms in total. The second-order valence-corrected chi connectivity index (χ2v) is 19.8. The summed E-state index contributed by atoms with van der Waals surface area (Å²) in [5.74, 6) is 0.00899. The number of hydrogen-bond donors (Lipinski definition) is 1. The van der Waals surface area contributed by atoms with E-state index in [1.165, 1.54) is 23.1 Å². The molecule has 48 heavy (non-hydrogen) atoms. The zero-order valence-corrected chi connectivity index (χ0v) is 30.3. The van der Waals surface area contributed by atoms with Crippen LogP contribution in [0.2, 0.25) is 18.1 Å². The van der Waals surface area contributed by atoms with Gasteiger partial charge in [-0.2, -0.15) is 0 Å². The Morgan fingerprint density at radius 1 is 0.958 bits per heavy atom. The molecule has 0 spiro atoms. The van der Waals surface area contributed by atoms with Crippen LogP contribution in [0.4, 0.5) is 18.0 Å². The number of nitrogens with one attached hydrogen (secondary N) is 1. The van der Waals surface area contributed by atoms with Crippen LogP contribution in [0.3, 0.4) is 0 Å². The van der Waals surface area contributed by atoms with Crippen molar-refractivity contribution in [3.63, 3.8) is 0 Å². The van der Waals surface area contributed by atoms with Crippen LogP contribution in [0.15, 0.2) is 54.1 Å². The molecule has 2 amide bonds. The summed E-state index contributed by atoms with van der Waals surface area (Å²) in [5.41, 5.74) is 1.81. The minimum atomic E-state index is -4.83. The molecule has 2 aromatic carbocycles. The lowest BCUT2D eigenvalue weighted by Gasteiger charge is -2.36. The van der Waals surface area contributed by atoms with E-state index in [0.29, 0.717) is 43.1 Å². The Morgan fingerprint density at radius 3 is 2.21 bits per heavy atom. The van der Waals surface area contributed by atoms with Gasteiger partial charge in [-0.25, -0.2) is 4.79 Å². The maximum absolute atomic E-state index is 14.1. The number of carbonyl (C=O) groups excluding carboxylic acids is 2. The first-order valence-electron chi connectivity index (χ1n) is 16.5. The van der Waals surface area contributed by atoms with E-state index in [-0.39, 0.29) is 29.2 Å². The Morgan fingerprint density at radius 2 is 1.62 bits per heavy atom. The van der Waals surface area contributed by atoms with E-state index in [0.717, 1.165) is 24.0 Å². The molecule has 0 radical (unpaired) electrons. The first-order valence-corrected chi connectivity index (χ1v) is 19.4. The van der Waals surface area contributed by atoms with Gasteiger partial charge in [-0.15, -0.1) is 13.2 Å². The Balaban J connectivity index is 1.55. The fourth-order valence-electron chi connectivity index (χ4n) is 5.23. The molecule has 1 unspecified atom stereocenters. The topological polar surface area (TPSA) is 86.3 Å². The van der Waals surface area contributed by atoms with Crippen LogP contribution in [-0.2, 0) is 14.0 Å². The minimum Gasteiger partial charge on any atom is -0.491 e. The van der Waals surface area contributed by atoms with Gasteiger partial charge in [0.1, 0.15) is 23.7 Å². The average molecular weight is 691 g/mol. The minimum absolute atomic E-state index is 0.0216. The zero-order chi connectivity index (χ0) is 35.5. The van der Waals surface area contributed by atoms with Crippen LogP contribution in [0.5, 0.6) is 11.5 Å². The molecule has 0 saturated heterocycles. The predicted molar refractivity (Wildman–Crippen MR) is 181 cm³/mol. The highest BCUT2D eigenvalue weighted by Gasteiger charge is 2.38. The van der Waals surface area contributed by atoms with Gasteiger partial charge in [0, 0.05) is 12.1 Å². The Labute approximate surface area is 283 Å². The van der Waals surface area contributed by atoms with Crippen molar-refractivity contribution in [1.82, 2.24) is 10.2 Å². The second kappa shape index (κ2) is 14.5. The number of ether oxygens (including phenoxy) is 3. The molecule has 1 atom stereocenters. The van der Waals surface area contributed by atoms with Crippen molar-refractivity contribution < 1.29 is 41.4 Å². The lowest BCUT2D eigenvalue weighted by atomic mass is 9.92.